The van der Waals surface area contributed by atoms with Gasteiger partial charge in [0.15, 0.2) is 6.10 Å². The highest BCUT2D eigenvalue weighted by Gasteiger charge is 2.68. The first-order valence-corrected chi connectivity index (χ1v) is 6.45. The van der Waals surface area contributed by atoms with Gasteiger partial charge in [0, 0.05) is 11.8 Å². The number of methoxy groups -OCH3 is 3. The predicted molar refractivity (Wildman–Crippen MR) is 64.5 cm³/mol. The Labute approximate surface area is 116 Å². The van der Waals surface area contributed by atoms with Crippen molar-refractivity contribution in [3.05, 3.63) is 0 Å². The van der Waals surface area contributed by atoms with Gasteiger partial charge >= 0.3 is 17.9 Å². The smallest absolute Gasteiger partial charge is 0.350 e. The summed E-state index contributed by atoms with van der Waals surface area (Å²) in [5.41, 5.74) is -1.86. The second kappa shape index (κ2) is 5.40. The molecule has 3 atom stereocenters. The first kappa shape index (κ1) is 14.8. The zero-order valence-corrected chi connectivity index (χ0v) is 11.7. The van der Waals surface area contributed by atoms with E-state index in [1.807, 2.05) is 0 Å². The van der Waals surface area contributed by atoms with Crippen molar-refractivity contribution in [3.8, 4) is 0 Å². The molecule has 0 N–H and O–H groups in total. The summed E-state index contributed by atoms with van der Waals surface area (Å²) in [4.78, 5) is 36.1. The molecule has 1 heterocycles. The number of esters is 3. The van der Waals surface area contributed by atoms with Crippen LogP contribution in [-0.2, 0) is 33.3 Å². The highest BCUT2D eigenvalue weighted by Crippen LogP contribution is 2.51. The van der Waals surface area contributed by atoms with Gasteiger partial charge < -0.3 is 18.9 Å². The largest absolute Gasteiger partial charge is 0.467 e. The molecule has 112 valence electrons. The van der Waals surface area contributed by atoms with Crippen molar-refractivity contribution in [2.75, 3.05) is 21.3 Å². The summed E-state index contributed by atoms with van der Waals surface area (Å²) >= 11 is 0. The van der Waals surface area contributed by atoms with Crippen molar-refractivity contribution >= 4 is 17.9 Å². The molecule has 1 saturated carbocycles. The molecule has 2 fully saturated rings. The average molecular weight is 286 g/mol. The molecule has 0 radical (unpaired) electrons. The maximum absolute atomic E-state index is 12.1. The van der Waals surface area contributed by atoms with Crippen molar-refractivity contribution in [1.82, 2.24) is 0 Å². The minimum Gasteiger partial charge on any atom is -0.467 e. The first-order valence-electron chi connectivity index (χ1n) is 6.45. The number of hydrogen-bond donors (Lipinski definition) is 0. The van der Waals surface area contributed by atoms with Crippen LogP contribution in [0.5, 0.6) is 0 Å². The number of ether oxygens (including phenoxy) is 4. The van der Waals surface area contributed by atoms with Crippen LogP contribution in [0.1, 0.15) is 19.3 Å². The van der Waals surface area contributed by atoms with Gasteiger partial charge in [-0.25, -0.2) is 14.4 Å². The van der Waals surface area contributed by atoms with E-state index in [4.69, 9.17) is 18.9 Å². The van der Waals surface area contributed by atoms with E-state index >= 15 is 0 Å². The van der Waals surface area contributed by atoms with Crippen molar-refractivity contribution < 1.29 is 33.3 Å². The van der Waals surface area contributed by atoms with Crippen molar-refractivity contribution in [2.45, 2.75) is 31.0 Å². The lowest BCUT2D eigenvalue weighted by Crippen LogP contribution is -2.53. The summed E-state index contributed by atoms with van der Waals surface area (Å²) in [6.45, 7) is 0. The van der Waals surface area contributed by atoms with Crippen molar-refractivity contribution in [3.63, 3.8) is 0 Å². The second-order valence-electron chi connectivity index (χ2n) is 4.98. The quantitative estimate of drug-likeness (QED) is 0.412. The summed E-state index contributed by atoms with van der Waals surface area (Å²) in [7, 11) is 3.59. The molecule has 0 aromatic heterocycles. The number of rotatable bonds is 3. The van der Waals surface area contributed by atoms with Gasteiger partial charge in [-0.2, -0.15) is 0 Å². The second-order valence-corrected chi connectivity index (χ2v) is 4.98. The van der Waals surface area contributed by atoms with Crippen LogP contribution < -0.4 is 0 Å². The van der Waals surface area contributed by atoms with Crippen molar-refractivity contribution in [2.24, 2.45) is 11.8 Å². The minimum atomic E-state index is -1.86. The number of carbonyl (C=O) groups is 3. The third kappa shape index (κ3) is 1.88. The van der Waals surface area contributed by atoms with Crippen LogP contribution in [0.3, 0.4) is 0 Å². The number of hydrogen-bond acceptors (Lipinski definition) is 7. The lowest BCUT2D eigenvalue weighted by atomic mass is 9.81. The summed E-state index contributed by atoms with van der Waals surface area (Å²) < 4.78 is 19.7. The third-order valence-electron chi connectivity index (χ3n) is 4.20. The molecule has 0 aromatic rings. The van der Waals surface area contributed by atoms with E-state index in [9.17, 15) is 14.4 Å². The van der Waals surface area contributed by atoms with Crippen LogP contribution >= 0.6 is 0 Å². The number of carbonyl (C=O) groups excluding carboxylic acids is 3. The highest BCUT2D eigenvalue weighted by molar-refractivity contribution is 6.05. The third-order valence-corrected chi connectivity index (χ3v) is 4.20. The molecule has 20 heavy (non-hydrogen) atoms. The van der Waals surface area contributed by atoms with Gasteiger partial charge in [-0.15, -0.1) is 0 Å². The Morgan fingerprint density at radius 2 is 1.60 bits per heavy atom. The minimum absolute atomic E-state index is 0.236. The van der Waals surface area contributed by atoms with Crippen LogP contribution in [-0.4, -0.2) is 50.9 Å². The summed E-state index contributed by atoms with van der Waals surface area (Å²) in [5, 5.41) is 0. The summed E-state index contributed by atoms with van der Waals surface area (Å²) in [5.74, 6) is -2.90. The Hall–Kier alpha value is -1.63. The molecule has 0 aromatic carbocycles. The molecule has 2 aliphatic rings. The molecule has 1 saturated heterocycles. The van der Waals surface area contributed by atoms with Gasteiger partial charge in [0.05, 0.1) is 21.3 Å². The van der Waals surface area contributed by atoms with E-state index in [1.165, 1.54) is 21.3 Å². The molecular formula is C13H18O7. The Morgan fingerprint density at radius 3 is 2.10 bits per heavy atom. The van der Waals surface area contributed by atoms with Gasteiger partial charge in [-0.3, -0.25) is 0 Å². The molecule has 2 rings (SSSR count). The van der Waals surface area contributed by atoms with Crippen LogP contribution in [0.15, 0.2) is 0 Å². The summed E-state index contributed by atoms with van der Waals surface area (Å²) in [6, 6.07) is 0. The van der Waals surface area contributed by atoms with E-state index in [2.05, 4.69) is 0 Å². The van der Waals surface area contributed by atoms with Gasteiger partial charge in [0.2, 0.25) is 0 Å². The standard InChI is InChI=1S/C13H18O7/c1-17-10(14)9-7-5-4-6-8(7)13(20-9,11(15)18-2)12(16)19-3/h7-9H,4-6H2,1-3H3/t7-,8+,9+/m1/s1. The van der Waals surface area contributed by atoms with E-state index < -0.39 is 35.5 Å². The molecule has 1 aliphatic heterocycles. The van der Waals surface area contributed by atoms with Crippen LogP contribution in [0.4, 0.5) is 0 Å². The zero-order valence-electron chi connectivity index (χ0n) is 11.7. The SMILES string of the molecule is COC(=O)[C@H]1OC(C(=O)OC)(C(=O)OC)[C@H]2CCC[C@@H]12. The lowest BCUT2D eigenvalue weighted by molar-refractivity contribution is -0.193. The molecule has 7 nitrogen and oxygen atoms in total. The Balaban J connectivity index is 2.44. The highest BCUT2D eigenvalue weighted by atomic mass is 16.6. The van der Waals surface area contributed by atoms with Crippen LogP contribution in [0.2, 0.25) is 0 Å². The van der Waals surface area contributed by atoms with E-state index in [0.29, 0.717) is 12.8 Å². The fourth-order valence-electron chi connectivity index (χ4n) is 3.36. The van der Waals surface area contributed by atoms with Crippen LogP contribution in [0.25, 0.3) is 0 Å². The Kier molecular flexibility index (Phi) is 3.99. The molecule has 0 unspecified atom stereocenters. The topological polar surface area (TPSA) is 88.1 Å². The first-order chi connectivity index (χ1) is 9.52. The molecular weight excluding hydrogens is 268 g/mol. The van der Waals surface area contributed by atoms with E-state index in [1.54, 1.807) is 0 Å². The lowest BCUT2D eigenvalue weighted by Gasteiger charge is -2.27. The molecule has 0 bridgehead atoms. The molecule has 7 heteroatoms. The summed E-state index contributed by atoms with van der Waals surface area (Å²) in [6.07, 6.45) is 1.16. The molecule has 0 amide bonds. The predicted octanol–water partition coefficient (Wildman–Crippen LogP) is 0.0593. The fraction of sp³-hybridized carbons (Fsp3) is 0.769. The molecule has 0 spiro atoms. The van der Waals surface area contributed by atoms with Gasteiger partial charge in [-0.1, -0.05) is 6.42 Å². The average Bonchev–Trinajstić information content (AvgIpc) is 3.06. The van der Waals surface area contributed by atoms with E-state index in [-0.39, 0.29) is 5.92 Å². The van der Waals surface area contributed by atoms with Crippen molar-refractivity contribution in [1.29, 1.82) is 0 Å². The fourth-order valence-corrected chi connectivity index (χ4v) is 3.36. The Bertz CT molecular complexity index is 414. The maximum atomic E-state index is 12.1. The number of fused-ring (bicyclic) bond motifs is 1. The van der Waals surface area contributed by atoms with E-state index in [0.717, 1.165) is 6.42 Å². The monoisotopic (exact) mass is 286 g/mol. The van der Waals surface area contributed by atoms with Gasteiger partial charge in [0.1, 0.15) is 0 Å². The maximum Gasteiger partial charge on any atom is 0.350 e. The zero-order chi connectivity index (χ0) is 14.9. The van der Waals surface area contributed by atoms with Gasteiger partial charge in [0.25, 0.3) is 5.60 Å². The Morgan fingerprint density at radius 1 is 1.00 bits per heavy atom. The molecule has 1 aliphatic carbocycles. The normalized spacial score (nSPS) is 30.4. The van der Waals surface area contributed by atoms with Gasteiger partial charge in [-0.05, 0) is 12.8 Å². The van der Waals surface area contributed by atoms with Crippen LogP contribution in [0, 0.1) is 11.8 Å².